The average molecular weight is 253 g/mol. The molecule has 1 aliphatic heterocycles. The van der Waals surface area contributed by atoms with E-state index in [1.54, 1.807) is 17.4 Å². The molecule has 0 aliphatic carbocycles. The lowest BCUT2D eigenvalue weighted by Crippen LogP contribution is -2.26. The molecular weight excluding hydrogens is 234 g/mol. The van der Waals surface area contributed by atoms with Gasteiger partial charge in [0.25, 0.3) is 0 Å². The van der Waals surface area contributed by atoms with Gasteiger partial charge in [0.2, 0.25) is 0 Å². The molecule has 0 aromatic carbocycles. The quantitative estimate of drug-likeness (QED) is 0.841. The van der Waals surface area contributed by atoms with Crippen molar-refractivity contribution in [2.45, 2.75) is 13.8 Å². The van der Waals surface area contributed by atoms with Gasteiger partial charge in [0.15, 0.2) is 0 Å². The van der Waals surface area contributed by atoms with Gasteiger partial charge in [-0.05, 0) is 41.3 Å². The maximum Gasteiger partial charge on any atom is 0.0649 e. The van der Waals surface area contributed by atoms with E-state index >= 15 is 0 Å². The normalized spacial score (nSPS) is 16.9. The Kier molecular flexibility index (Phi) is 3.97. The molecule has 2 rings (SSSR count). The lowest BCUT2D eigenvalue weighted by molar-refractivity contribution is 0.506. The number of hydrogen-bond acceptors (Lipinski definition) is 3. The van der Waals surface area contributed by atoms with Crippen LogP contribution < -0.4 is 5.84 Å². The van der Waals surface area contributed by atoms with Crippen LogP contribution in [0.4, 0.5) is 0 Å². The first-order chi connectivity index (χ1) is 9.11. The van der Waals surface area contributed by atoms with Gasteiger partial charge in [0.05, 0.1) is 5.70 Å². The van der Waals surface area contributed by atoms with Crippen LogP contribution in [-0.2, 0) is 0 Å². The second-order valence-electron chi connectivity index (χ2n) is 4.78. The van der Waals surface area contributed by atoms with Crippen LogP contribution in [0.25, 0.3) is 5.57 Å². The van der Waals surface area contributed by atoms with E-state index < -0.39 is 0 Å². The summed E-state index contributed by atoms with van der Waals surface area (Å²) in [5, 5.41) is 1.63. The van der Waals surface area contributed by atoms with Gasteiger partial charge in [-0.1, -0.05) is 26.5 Å². The Hall–Kier alpha value is -2.13. The van der Waals surface area contributed by atoms with Gasteiger partial charge in [0.1, 0.15) is 0 Å². The largest absolute Gasteiger partial charge is 0.286 e. The highest BCUT2D eigenvalue weighted by Gasteiger charge is 2.17. The van der Waals surface area contributed by atoms with E-state index in [1.165, 1.54) is 0 Å². The summed E-state index contributed by atoms with van der Waals surface area (Å²) in [5.74, 6) is 6.39. The second kappa shape index (κ2) is 5.67. The van der Waals surface area contributed by atoms with E-state index in [2.05, 4.69) is 25.4 Å². The van der Waals surface area contributed by atoms with Crippen LogP contribution in [0.5, 0.6) is 0 Å². The highest BCUT2D eigenvalue weighted by atomic mass is 15.4. The highest BCUT2D eigenvalue weighted by Crippen LogP contribution is 2.32. The number of pyridine rings is 1. The van der Waals surface area contributed by atoms with E-state index in [9.17, 15) is 0 Å². The second-order valence-corrected chi connectivity index (χ2v) is 4.78. The number of rotatable bonds is 3. The van der Waals surface area contributed by atoms with Gasteiger partial charge in [-0.25, -0.2) is 5.84 Å². The maximum atomic E-state index is 6.04. The molecule has 1 aromatic heterocycles. The molecule has 0 bridgehead atoms. The molecule has 1 aliphatic rings. The predicted octanol–water partition coefficient (Wildman–Crippen LogP) is 3.26. The number of aromatic nitrogens is 1. The van der Waals surface area contributed by atoms with Crippen molar-refractivity contribution in [3.05, 3.63) is 72.4 Å². The Morgan fingerprint density at radius 2 is 1.95 bits per heavy atom. The van der Waals surface area contributed by atoms with E-state index in [4.69, 9.17) is 5.84 Å². The zero-order valence-corrected chi connectivity index (χ0v) is 11.4. The van der Waals surface area contributed by atoms with E-state index in [0.717, 1.165) is 22.4 Å². The number of hydrazine groups is 1. The van der Waals surface area contributed by atoms with Crippen molar-refractivity contribution in [1.82, 2.24) is 9.99 Å². The third-order valence-corrected chi connectivity index (χ3v) is 3.13. The zero-order valence-electron chi connectivity index (χ0n) is 11.4. The summed E-state index contributed by atoms with van der Waals surface area (Å²) in [4.78, 5) is 4.07. The lowest BCUT2D eigenvalue weighted by atomic mass is 9.90. The molecule has 0 saturated carbocycles. The summed E-state index contributed by atoms with van der Waals surface area (Å²) in [6.45, 7) is 8.49. The van der Waals surface area contributed by atoms with Gasteiger partial charge in [-0.3, -0.25) is 9.99 Å². The molecule has 98 valence electrons. The summed E-state index contributed by atoms with van der Waals surface area (Å²) in [6.07, 6.45) is 11.3. The van der Waals surface area contributed by atoms with E-state index in [-0.39, 0.29) is 0 Å². The molecule has 0 amide bonds. The molecule has 0 unspecified atom stereocenters. The summed E-state index contributed by atoms with van der Waals surface area (Å²) in [5.41, 5.74) is 4.17. The number of hydrogen-bond donors (Lipinski definition) is 1. The number of allylic oxidation sites excluding steroid dienone is 5. The van der Waals surface area contributed by atoms with Crippen molar-refractivity contribution in [1.29, 1.82) is 0 Å². The van der Waals surface area contributed by atoms with Crippen molar-refractivity contribution < 1.29 is 0 Å². The summed E-state index contributed by atoms with van der Waals surface area (Å²) < 4.78 is 0. The predicted molar refractivity (Wildman–Crippen MR) is 79.4 cm³/mol. The number of nitrogens with two attached hydrogens (primary N) is 1. The topological polar surface area (TPSA) is 42.1 Å². The van der Waals surface area contributed by atoms with Crippen LogP contribution in [0, 0.1) is 5.92 Å². The smallest absolute Gasteiger partial charge is 0.0649 e. The summed E-state index contributed by atoms with van der Waals surface area (Å²) in [7, 11) is 0. The van der Waals surface area contributed by atoms with Gasteiger partial charge >= 0.3 is 0 Å². The minimum absolute atomic E-state index is 0.350. The van der Waals surface area contributed by atoms with Crippen molar-refractivity contribution in [2.75, 3.05) is 0 Å². The molecule has 2 N–H and O–H groups in total. The Morgan fingerprint density at radius 1 is 1.26 bits per heavy atom. The molecule has 0 saturated heterocycles. The van der Waals surface area contributed by atoms with Crippen molar-refractivity contribution in [2.24, 2.45) is 11.8 Å². The van der Waals surface area contributed by atoms with Crippen LogP contribution in [0.3, 0.4) is 0 Å². The Morgan fingerprint density at radius 3 is 2.53 bits per heavy atom. The Bertz CT molecular complexity index is 551. The van der Waals surface area contributed by atoms with E-state index in [0.29, 0.717) is 5.92 Å². The molecule has 0 atom stereocenters. The SMILES string of the molecule is C=C(/C(=C1/C=CC=CN1N)c1ccncc1)C(C)C. The minimum atomic E-state index is 0.350. The molecule has 0 radical (unpaired) electrons. The van der Waals surface area contributed by atoms with E-state index in [1.807, 2.05) is 36.6 Å². The fraction of sp³-hybridized carbons (Fsp3) is 0.188. The van der Waals surface area contributed by atoms with Crippen LogP contribution in [0.15, 0.2) is 66.8 Å². The first kappa shape index (κ1) is 13.3. The molecule has 3 heteroatoms. The van der Waals surface area contributed by atoms with Crippen LogP contribution in [0.1, 0.15) is 19.4 Å². The van der Waals surface area contributed by atoms with Crippen molar-refractivity contribution >= 4 is 5.57 Å². The fourth-order valence-corrected chi connectivity index (χ4v) is 1.97. The minimum Gasteiger partial charge on any atom is -0.286 e. The van der Waals surface area contributed by atoms with Crippen LogP contribution >= 0.6 is 0 Å². The Balaban J connectivity index is 2.59. The van der Waals surface area contributed by atoms with Crippen molar-refractivity contribution in [3.8, 4) is 0 Å². The first-order valence-electron chi connectivity index (χ1n) is 6.34. The summed E-state index contributed by atoms with van der Waals surface area (Å²) in [6, 6.07) is 3.96. The van der Waals surface area contributed by atoms with Crippen LogP contribution in [0.2, 0.25) is 0 Å². The molecule has 3 nitrogen and oxygen atoms in total. The molecule has 0 fully saturated rings. The van der Waals surface area contributed by atoms with Gasteiger partial charge in [0, 0.05) is 24.2 Å². The lowest BCUT2D eigenvalue weighted by Gasteiger charge is -2.24. The molecule has 1 aromatic rings. The third-order valence-electron chi connectivity index (χ3n) is 3.13. The standard InChI is InChI=1S/C16H19N3/c1-12(2)13(3)16(14-7-9-18-10-8-14)15-6-4-5-11-19(15)17/h4-12H,3,17H2,1-2H3/b16-15+. The number of nitrogens with zero attached hydrogens (tertiary/aromatic N) is 2. The zero-order chi connectivity index (χ0) is 13.8. The third kappa shape index (κ3) is 2.83. The van der Waals surface area contributed by atoms with Crippen LogP contribution in [-0.4, -0.2) is 9.99 Å². The molecule has 19 heavy (non-hydrogen) atoms. The summed E-state index contributed by atoms with van der Waals surface area (Å²) >= 11 is 0. The van der Waals surface area contributed by atoms with Gasteiger partial charge < -0.3 is 0 Å². The fourth-order valence-electron chi connectivity index (χ4n) is 1.97. The maximum absolute atomic E-state index is 6.04. The van der Waals surface area contributed by atoms with Gasteiger partial charge in [-0.2, -0.15) is 0 Å². The van der Waals surface area contributed by atoms with Gasteiger partial charge in [-0.15, -0.1) is 0 Å². The molecule has 2 heterocycles. The first-order valence-corrected chi connectivity index (χ1v) is 6.34. The van der Waals surface area contributed by atoms with Crippen molar-refractivity contribution in [3.63, 3.8) is 0 Å². The highest BCUT2D eigenvalue weighted by molar-refractivity contribution is 5.82. The molecule has 0 spiro atoms. The monoisotopic (exact) mass is 253 g/mol. The average Bonchev–Trinajstić information content (AvgIpc) is 2.42. The molecular formula is C16H19N3. The Labute approximate surface area is 114 Å².